The normalized spacial score (nSPS) is 20.9. The fourth-order valence-corrected chi connectivity index (χ4v) is 2.87. The van der Waals surface area contributed by atoms with Crippen LogP contribution >= 0.6 is 0 Å². The van der Waals surface area contributed by atoms with Gasteiger partial charge in [-0.05, 0) is 43.5 Å². The Morgan fingerprint density at radius 2 is 2.16 bits per heavy atom. The van der Waals surface area contributed by atoms with E-state index in [4.69, 9.17) is 5.73 Å². The molecule has 3 nitrogen and oxygen atoms in total. The molecule has 3 rings (SSSR count). The maximum absolute atomic E-state index is 13.0. The average Bonchev–Trinajstić information content (AvgIpc) is 2.83. The van der Waals surface area contributed by atoms with E-state index in [1.165, 1.54) is 17.8 Å². The van der Waals surface area contributed by atoms with E-state index in [0.717, 1.165) is 18.5 Å². The Kier molecular flexibility index (Phi) is 2.82. The molecule has 2 aromatic rings. The zero-order chi connectivity index (χ0) is 13.5. The van der Waals surface area contributed by atoms with Crippen LogP contribution in [0.3, 0.4) is 0 Å². The third-order valence-corrected chi connectivity index (χ3v) is 3.96. The maximum atomic E-state index is 13.0. The van der Waals surface area contributed by atoms with Gasteiger partial charge < -0.3 is 5.73 Å². The molecule has 0 aromatic carbocycles. The summed E-state index contributed by atoms with van der Waals surface area (Å²) in [5, 5.41) is 0. The van der Waals surface area contributed by atoms with Crippen LogP contribution in [0.1, 0.15) is 36.2 Å². The lowest BCUT2D eigenvalue weighted by Crippen LogP contribution is -2.40. The smallest absolute Gasteiger partial charge is 0.141 e. The van der Waals surface area contributed by atoms with E-state index in [1.54, 1.807) is 12.3 Å². The summed E-state index contributed by atoms with van der Waals surface area (Å²) in [5.74, 6) is -0.217. The highest BCUT2D eigenvalue weighted by molar-refractivity contribution is 5.34. The number of nitrogens with zero attached hydrogens (tertiary/aromatic N) is 2. The molecule has 2 N–H and O–H groups in total. The highest BCUT2D eigenvalue weighted by atomic mass is 19.1. The van der Waals surface area contributed by atoms with Crippen molar-refractivity contribution in [2.75, 3.05) is 0 Å². The first kappa shape index (κ1) is 12.2. The molecule has 0 saturated heterocycles. The lowest BCUT2D eigenvalue weighted by Gasteiger charge is -2.31. The summed E-state index contributed by atoms with van der Waals surface area (Å²) >= 11 is 0. The van der Waals surface area contributed by atoms with E-state index in [9.17, 15) is 4.39 Å². The van der Waals surface area contributed by atoms with E-state index in [-0.39, 0.29) is 11.7 Å². The van der Waals surface area contributed by atoms with Gasteiger partial charge in [0.25, 0.3) is 0 Å². The highest BCUT2D eigenvalue weighted by Crippen LogP contribution is 2.42. The molecule has 0 bridgehead atoms. The molecule has 1 aliphatic rings. The van der Waals surface area contributed by atoms with Crippen molar-refractivity contribution in [1.29, 1.82) is 0 Å². The largest absolute Gasteiger partial charge is 0.320 e. The Bertz CT molecular complexity index is 593. The van der Waals surface area contributed by atoms with Gasteiger partial charge in [-0.2, -0.15) is 0 Å². The van der Waals surface area contributed by atoms with E-state index < -0.39 is 5.54 Å². The predicted molar refractivity (Wildman–Crippen MR) is 71.0 cm³/mol. The van der Waals surface area contributed by atoms with Crippen LogP contribution < -0.4 is 5.73 Å². The van der Waals surface area contributed by atoms with Crippen molar-refractivity contribution >= 4 is 0 Å². The van der Waals surface area contributed by atoms with Crippen molar-refractivity contribution in [2.24, 2.45) is 5.73 Å². The monoisotopic (exact) mass is 257 g/mol. The van der Waals surface area contributed by atoms with E-state index in [2.05, 4.69) is 16.0 Å². The molecule has 2 atom stereocenters. The van der Waals surface area contributed by atoms with Gasteiger partial charge in [0.05, 0.1) is 17.4 Å². The molecular formula is C15H16FN3. The topological polar surface area (TPSA) is 51.8 Å². The summed E-state index contributed by atoms with van der Waals surface area (Å²) in [4.78, 5) is 8.61. The Morgan fingerprint density at radius 1 is 1.32 bits per heavy atom. The zero-order valence-corrected chi connectivity index (χ0v) is 10.8. The third-order valence-electron chi connectivity index (χ3n) is 3.96. The zero-order valence-electron chi connectivity index (χ0n) is 10.8. The Morgan fingerprint density at radius 3 is 2.89 bits per heavy atom. The number of pyridine rings is 2. The second-order valence-corrected chi connectivity index (χ2v) is 5.28. The Hall–Kier alpha value is -1.81. The number of nitrogens with two attached hydrogens (primary N) is 1. The summed E-state index contributed by atoms with van der Waals surface area (Å²) in [6.45, 7) is 1.95. The van der Waals surface area contributed by atoms with Crippen LogP contribution in [0.2, 0.25) is 0 Å². The van der Waals surface area contributed by atoms with Gasteiger partial charge in [0.1, 0.15) is 5.82 Å². The standard InChI is InChI=1S/C15H16FN3/c1-15(17,13-7-5-11(16)9-19-13)12-6-4-10-3-2-8-18-14(10)12/h2-3,5,7-9,12H,4,6,17H2,1H3. The molecule has 0 radical (unpaired) electrons. The van der Waals surface area contributed by atoms with Crippen LogP contribution in [0.5, 0.6) is 0 Å². The second-order valence-electron chi connectivity index (χ2n) is 5.28. The van der Waals surface area contributed by atoms with Crippen molar-refractivity contribution in [3.8, 4) is 0 Å². The van der Waals surface area contributed by atoms with Gasteiger partial charge in [0.15, 0.2) is 0 Å². The van der Waals surface area contributed by atoms with Gasteiger partial charge in [-0.15, -0.1) is 0 Å². The number of aromatic nitrogens is 2. The predicted octanol–water partition coefficient (Wildman–Crippen LogP) is 2.52. The van der Waals surface area contributed by atoms with Gasteiger partial charge in [0, 0.05) is 17.8 Å². The summed E-state index contributed by atoms with van der Waals surface area (Å²) in [5.41, 5.74) is 8.87. The molecule has 2 heterocycles. The summed E-state index contributed by atoms with van der Waals surface area (Å²) in [6, 6.07) is 7.11. The first-order valence-electron chi connectivity index (χ1n) is 6.44. The first-order chi connectivity index (χ1) is 9.09. The number of fused-ring (bicyclic) bond motifs is 1. The van der Waals surface area contributed by atoms with Gasteiger partial charge in [-0.3, -0.25) is 9.97 Å². The fourth-order valence-electron chi connectivity index (χ4n) is 2.87. The minimum Gasteiger partial charge on any atom is -0.320 e. The van der Waals surface area contributed by atoms with E-state index >= 15 is 0 Å². The molecule has 2 aromatic heterocycles. The van der Waals surface area contributed by atoms with Crippen LogP contribution in [0.25, 0.3) is 0 Å². The van der Waals surface area contributed by atoms with E-state index in [1.807, 2.05) is 13.0 Å². The lowest BCUT2D eigenvalue weighted by molar-refractivity contribution is 0.370. The fraction of sp³-hybridized carbons (Fsp3) is 0.333. The minimum atomic E-state index is -0.632. The number of hydrogen-bond donors (Lipinski definition) is 1. The molecule has 19 heavy (non-hydrogen) atoms. The molecule has 0 saturated carbocycles. The highest BCUT2D eigenvalue weighted by Gasteiger charge is 2.39. The molecule has 0 spiro atoms. The summed E-state index contributed by atoms with van der Waals surface area (Å²) in [7, 11) is 0. The van der Waals surface area contributed by atoms with Gasteiger partial charge >= 0.3 is 0 Å². The average molecular weight is 257 g/mol. The number of rotatable bonds is 2. The molecule has 1 aliphatic carbocycles. The molecule has 0 amide bonds. The Balaban J connectivity index is 2.00. The van der Waals surface area contributed by atoms with Crippen molar-refractivity contribution in [3.63, 3.8) is 0 Å². The number of halogens is 1. The number of hydrogen-bond acceptors (Lipinski definition) is 3. The van der Waals surface area contributed by atoms with Gasteiger partial charge in [0.2, 0.25) is 0 Å². The van der Waals surface area contributed by atoms with Crippen LogP contribution in [-0.4, -0.2) is 9.97 Å². The van der Waals surface area contributed by atoms with Crippen molar-refractivity contribution < 1.29 is 4.39 Å². The molecule has 98 valence electrons. The summed E-state index contributed by atoms with van der Waals surface area (Å²) < 4.78 is 13.0. The SMILES string of the molecule is CC(N)(c1ccc(F)cn1)C1CCc2cccnc21. The van der Waals surface area contributed by atoms with Crippen molar-refractivity contribution in [1.82, 2.24) is 9.97 Å². The van der Waals surface area contributed by atoms with Crippen LogP contribution in [0.4, 0.5) is 4.39 Å². The van der Waals surface area contributed by atoms with E-state index in [0.29, 0.717) is 5.69 Å². The number of aryl methyl sites for hydroxylation is 1. The van der Waals surface area contributed by atoms with Crippen LogP contribution in [0.15, 0.2) is 36.7 Å². The minimum absolute atomic E-state index is 0.127. The van der Waals surface area contributed by atoms with Crippen LogP contribution in [0, 0.1) is 5.82 Å². The third kappa shape index (κ3) is 2.02. The summed E-state index contributed by atoms with van der Waals surface area (Å²) in [6.07, 6.45) is 4.96. The molecule has 2 unspecified atom stereocenters. The first-order valence-corrected chi connectivity index (χ1v) is 6.44. The lowest BCUT2D eigenvalue weighted by atomic mass is 9.81. The second kappa shape index (κ2) is 4.38. The molecular weight excluding hydrogens is 241 g/mol. The van der Waals surface area contributed by atoms with Gasteiger partial charge in [-0.1, -0.05) is 6.07 Å². The molecule has 0 aliphatic heterocycles. The molecule has 4 heteroatoms. The van der Waals surface area contributed by atoms with Gasteiger partial charge in [-0.25, -0.2) is 4.39 Å². The Labute approximate surface area is 111 Å². The maximum Gasteiger partial charge on any atom is 0.141 e. The van der Waals surface area contributed by atoms with Crippen LogP contribution in [-0.2, 0) is 12.0 Å². The quantitative estimate of drug-likeness (QED) is 0.899. The van der Waals surface area contributed by atoms with Crippen molar-refractivity contribution in [2.45, 2.75) is 31.2 Å². The molecule has 0 fully saturated rings. The van der Waals surface area contributed by atoms with Crippen molar-refractivity contribution in [3.05, 3.63) is 59.4 Å².